The number of amides is 1. The molecule has 0 aromatic carbocycles. The molecule has 116 valence electrons. The zero-order chi connectivity index (χ0) is 15.3. The summed E-state index contributed by atoms with van der Waals surface area (Å²) < 4.78 is 3.03. The lowest BCUT2D eigenvalue weighted by Gasteiger charge is -2.48. The van der Waals surface area contributed by atoms with Crippen molar-refractivity contribution in [3.63, 3.8) is 0 Å². The molecule has 0 radical (unpaired) electrons. The normalized spacial score (nSPS) is 28.2. The molecule has 4 atom stereocenters. The molecule has 5 nitrogen and oxygen atoms in total. The molecule has 2 N–H and O–H groups in total. The maximum absolute atomic E-state index is 12.6. The second-order valence-corrected chi connectivity index (χ2v) is 7.25. The Morgan fingerprint density at radius 1 is 1.50 bits per heavy atom. The molecule has 2 aliphatic rings. The van der Waals surface area contributed by atoms with Crippen LogP contribution in [0.4, 0.5) is 0 Å². The third kappa shape index (κ3) is 2.16. The maximum atomic E-state index is 12.6. The monoisotopic (exact) mass is 362 g/mol. The van der Waals surface area contributed by atoms with Crippen LogP contribution in [0.25, 0.3) is 5.52 Å². The number of hydrogen-bond acceptors (Lipinski definition) is 3. The molecule has 1 aliphatic carbocycles. The van der Waals surface area contributed by atoms with E-state index in [-0.39, 0.29) is 17.9 Å². The highest BCUT2D eigenvalue weighted by Crippen LogP contribution is 2.42. The predicted molar refractivity (Wildman–Crippen MR) is 87.4 cm³/mol. The molecule has 6 heteroatoms. The number of fused-ring (bicyclic) bond motifs is 3. The van der Waals surface area contributed by atoms with Crippen molar-refractivity contribution in [2.45, 2.75) is 19.4 Å². The second-order valence-electron chi connectivity index (χ2n) is 6.40. The van der Waals surface area contributed by atoms with E-state index in [2.05, 4.69) is 31.5 Å². The number of imidazole rings is 1. The van der Waals surface area contributed by atoms with E-state index in [9.17, 15) is 4.79 Å². The molecule has 0 spiro atoms. The van der Waals surface area contributed by atoms with Gasteiger partial charge in [-0.2, -0.15) is 0 Å². The minimum absolute atomic E-state index is 0.0985. The summed E-state index contributed by atoms with van der Waals surface area (Å²) in [6.45, 7) is 3.95. The van der Waals surface area contributed by atoms with Crippen molar-refractivity contribution >= 4 is 27.4 Å². The van der Waals surface area contributed by atoms with Gasteiger partial charge < -0.3 is 15.0 Å². The largest absolute Gasteiger partial charge is 0.346 e. The summed E-state index contributed by atoms with van der Waals surface area (Å²) in [4.78, 5) is 17.1. The lowest BCUT2D eigenvalue weighted by molar-refractivity contribution is -0.137. The molecule has 2 bridgehead atoms. The average molecular weight is 363 g/mol. The summed E-state index contributed by atoms with van der Waals surface area (Å²) in [6, 6.07) is 3.87. The molecule has 1 saturated heterocycles. The van der Waals surface area contributed by atoms with Crippen molar-refractivity contribution < 1.29 is 4.79 Å². The molecule has 2 fully saturated rings. The van der Waals surface area contributed by atoms with Crippen molar-refractivity contribution in [1.82, 2.24) is 20.0 Å². The van der Waals surface area contributed by atoms with Gasteiger partial charge in [-0.15, -0.1) is 0 Å². The summed E-state index contributed by atoms with van der Waals surface area (Å²) in [6.07, 6.45) is 5.01. The molecular weight excluding hydrogens is 344 g/mol. The zero-order valence-electron chi connectivity index (χ0n) is 12.4. The summed E-state index contributed by atoms with van der Waals surface area (Å²) in [5.41, 5.74) is 1.02. The number of nitrogens with zero attached hydrogens (tertiary/aromatic N) is 2. The van der Waals surface area contributed by atoms with E-state index in [4.69, 9.17) is 0 Å². The topological polar surface area (TPSA) is 58.4 Å². The van der Waals surface area contributed by atoms with Gasteiger partial charge in [0.2, 0.25) is 5.91 Å². The number of rotatable bonds is 3. The first-order valence-corrected chi connectivity index (χ1v) is 8.57. The number of pyridine rings is 1. The molecule has 1 saturated carbocycles. The third-order valence-electron chi connectivity index (χ3n) is 5.03. The fourth-order valence-electron chi connectivity index (χ4n) is 3.88. The molecule has 22 heavy (non-hydrogen) atoms. The highest BCUT2D eigenvalue weighted by Gasteiger charge is 2.47. The standard InChI is InChI=1S/C16H19BrN4O/c1-9(15-19-8-13-12(17)3-2-4-21(13)15)20-16(22)14-10-5-11(14)7-18-6-10/h2-4,8-11,14,18H,5-7H2,1H3,(H,20,22)/t9-,10-,11+,14-/m1/s1. The number of halogens is 1. The third-order valence-corrected chi connectivity index (χ3v) is 5.70. The summed E-state index contributed by atoms with van der Waals surface area (Å²) in [5.74, 6) is 2.25. The Hall–Kier alpha value is -1.40. The molecule has 0 unspecified atom stereocenters. The SMILES string of the molecule is C[C@@H](NC(=O)[C@H]1[C@@H]2CNC[C@H]1C2)c1ncc2c(Br)cccn12. The Balaban J connectivity index is 1.53. The fraction of sp³-hybridized carbons (Fsp3) is 0.500. The first-order valence-electron chi connectivity index (χ1n) is 7.77. The van der Waals surface area contributed by atoms with Crippen LogP contribution < -0.4 is 10.6 Å². The van der Waals surface area contributed by atoms with Crippen molar-refractivity contribution in [3.8, 4) is 0 Å². The van der Waals surface area contributed by atoms with Crippen LogP contribution in [0.5, 0.6) is 0 Å². The second kappa shape index (κ2) is 5.35. The van der Waals surface area contributed by atoms with Gasteiger partial charge in [-0.05, 0) is 66.3 Å². The minimum Gasteiger partial charge on any atom is -0.346 e. The van der Waals surface area contributed by atoms with Gasteiger partial charge in [-0.3, -0.25) is 4.79 Å². The van der Waals surface area contributed by atoms with Crippen LogP contribution in [-0.4, -0.2) is 28.4 Å². The van der Waals surface area contributed by atoms with E-state index in [1.807, 2.05) is 35.9 Å². The Morgan fingerprint density at radius 2 is 2.27 bits per heavy atom. The summed E-state index contributed by atoms with van der Waals surface area (Å²) in [5, 5.41) is 6.54. The van der Waals surface area contributed by atoms with Crippen LogP contribution in [0.3, 0.4) is 0 Å². The molecule has 1 amide bonds. The number of carbonyl (C=O) groups is 1. The van der Waals surface area contributed by atoms with Crippen molar-refractivity contribution in [3.05, 3.63) is 34.8 Å². The van der Waals surface area contributed by atoms with Gasteiger partial charge in [0.1, 0.15) is 5.82 Å². The van der Waals surface area contributed by atoms with Crippen LogP contribution in [0, 0.1) is 17.8 Å². The van der Waals surface area contributed by atoms with Gasteiger partial charge in [-0.25, -0.2) is 4.98 Å². The fourth-order valence-corrected chi connectivity index (χ4v) is 4.32. The van der Waals surface area contributed by atoms with E-state index in [0.29, 0.717) is 11.8 Å². The van der Waals surface area contributed by atoms with Gasteiger partial charge in [0.05, 0.1) is 17.8 Å². The van der Waals surface area contributed by atoms with Crippen molar-refractivity contribution in [1.29, 1.82) is 0 Å². The molecule has 2 aromatic heterocycles. The van der Waals surface area contributed by atoms with E-state index < -0.39 is 0 Å². The Morgan fingerprint density at radius 3 is 3.00 bits per heavy atom. The van der Waals surface area contributed by atoms with Gasteiger partial charge >= 0.3 is 0 Å². The van der Waals surface area contributed by atoms with Crippen LogP contribution in [-0.2, 0) is 4.79 Å². The van der Waals surface area contributed by atoms with Gasteiger partial charge in [0, 0.05) is 16.6 Å². The maximum Gasteiger partial charge on any atom is 0.224 e. The smallest absolute Gasteiger partial charge is 0.224 e. The van der Waals surface area contributed by atoms with Crippen LogP contribution >= 0.6 is 15.9 Å². The van der Waals surface area contributed by atoms with Crippen molar-refractivity contribution in [2.24, 2.45) is 17.8 Å². The Kier molecular flexibility index (Phi) is 3.46. The van der Waals surface area contributed by atoms with Crippen LogP contribution in [0.2, 0.25) is 0 Å². The first-order chi connectivity index (χ1) is 10.6. The number of nitrogens with one attached hydrogen (secondary N) is 2. The summed E-state index contributed by atoms with van der Waals surface area (Å²) >= 11 is 3.53. The van der Waals surface area contributed by atoms with Crippen molar-refractivity contribution in [2.75, 3.05) is 13.1 Å². The number of carbonyl (C=O) groups excluding carboxylic acids is 1. The Bertz CT molecular complexity index is 714. The van der Waals surface area contributed by atoms with Crippen LogP contribution in [0.15, 0.2) is 29.0 Å². The van der Waals surface area contributed by atoms with E-state index in [0.717, 1.165) is 28.9 Å². The predicted octanol–water partition coefficient (Wildman–Crippen LogP) is 2.13. The van der Waals surface area contributed by atoms with E-state index in [1.165, 1.54) is 6.42 Å². The number of piperidine rings is 2. The molecule has 3 heterocycles. The van der Waals surface area contributed by atoms with E-state index in [1.54, 1.807) is 0 Å². The summed E-state index contributed by atoms with van der Waals surface area (Å²) in [7, 11) is 0. The Labute approximate surface area is 137 Å². The first kappa shape index (κ1) is 14.2. The molecule has 1 aliphatic heterocycles. The highest BCUT2D eigenvalue weighted by molar-refractivity contribution is 9.10. The van der Waals surface area contributed by atoms with Gasteiger partial charge in [0.15, 0.2) is 0 Å². The average Bonchev–Trinajstić information content (AvgIpc) is 2.93. The molecule has 4 rings (SSSR count). The number of aromatic nitrogens is 2. The minimum atomic E-state index is -0.0985. The lowest BCUT2D eigenvalue weighted by atomic mass is 9.62. The molecule has 2 aromatic rings. The highest BCUT2D eigenvalue weighted by atomic mass is 79.9. The van der Waals surface area contributed by atoms with Crippen LogP contribution in [0.1, 0.15) is 25.2 Å². The quantitative estimate of drug-likeness (QED) is 0.879. The van der Waals surface area contributed by atoms with E-state index >= 15 is 0 Å². The van der Waals surface area contributed by atoms with Gasteiger partial charge in [0.25, 0.3) is 0 Å². The van der Waals surface area contributed by atoms with Gasteiger partial charge in [-0.1, -0.05) is 0 Å². The molecular formula is C16H19BrN4O. The lowest BCUT2D eigenvalue weighted by Crippen LogP contribution is -2.58. The zero-order valence-corrected chi connectivity index (χ0v) is 14.0. The number of hydrogen-bond donors (Lipinski definition) is 2.